The molecule has 0 radical (unpaired) electrons. The molecule has 0 aliphatic rings. The molecule has 8 nitrogen and oxygen atoms in total. The Hall–Kier alpha value is -8.90. The number of rotatable bonds is 1. The zero-order valence-corrected chi connectivity index (χ0v) is 38.8. The van der Waals surface area contributed by atoms with Crippen molar-refractivity contribution >= 4 is 130 Å². The van der Waals surface area contributed by atoms with E-state index in [9.17, 15) is 5.26 Å². The van der Waals surface area contributed by atoms with Gasteiger partial charge in [0.25, 0.3) is 0 Å². The van der Waals surface area contributed by atoms with Gasteiger partial charge in [-0.15, -0.1) is 0 Å². The fourth-order valence-electron chi connectivity index (χ4n) is 9.30. The molecule has 10 aromatic carbocycles. The molecule has 316 valence electrons. The van der Waals surface area contributed by atoms with Crippen molar-refractivity contribution in [2.75, 3.05) is 0 Å². The van der Waals surface area contributed by atoms with E-state index >= 15 is 0 Å². The second kappa shape index (κ2) is 17.1. The highest BCUT2D eigenvalue weighted by Gasteiger charge is 2.20. The molecule has 0 aliphatic heterocycles. The molecule has 0 fully saturated rings. The average Bonchev–Trinajstić information content (AvgIpc) is 4.01. The number of aromatic nitrogens is 4. The lowest BCUT2D eigenvalue weighted by Gasteiger charge is -2.15. The van der Waals surface area contributed by atoms with Crippen LogP contribution in [0.3, 0.4) is 0 Å². The molecule has 13 rings (SSSR count). The highest BCUT2D eigenvalue weighted by atomic mass is 79.9. The van der Waals surface area contributed by atoms with Crippen molar-refractivity contribution in [2.45, 2.75) is 0 Å². The third kappa shape index (κ3) is 6.92. The van der Waals surface area contributed by atoms with E-state index in [2.05, 4.69) is 161 Å². The van der Waals surface area contributed by atoms with Crippen LogP contribution in [0.25, 0.3) is 109 Å². The normalized spacial score (nSPS) is 11.0. The smallest absolute Gasteiger partial charge is 0.206 e. The topological polar surface area (TPSA) is 122 Å². The molecule has 0 atom stereocenters. The molecule has 10 heteroatoms. The average molecular weight is 999 g/mol. The minimum Gasteiger partial charge on any atom is -0.338 e. The van der Waals surface area contributed by atoms with Crippen LogP contribution in [0.5, 0.6) is 0 Å². The molecule has 0 amide bonds. The van der Waals surface area contributed by atoms with Crippen LogP contribution < -0.4 is 0 Å². The van der Waals surface area contributed by atoms with E-state index in [0.29, 0.717) is 22.4 Å². The van der Waals surface area contributed by atoms with Gasteiger partial charge in [-0.05, 0) is 130 Å². The van der Waals surface area contributed by atoms with E-state index in [1.54, 1.807) is 12.1 Å². The first-order valence-corrected chi connectivity index (χ1v) is 23.0. The number of hydrogen-bond acceptors (Lipinski definition) is 5. The molecular weight excluding hydrogens is 969 g/mol. The van der Waals surface area contributed by atoms with Gasteiger partial charge >= 0.3 is 0 Å². The summed E-state index contributed by atoms with van der Waals surface area (Å²) in [5.41, 5.74) is 8.36. The number of para-hydroxylation sites is 4. The molecule has 0 saturated carbocycles. The van der Waals surface area contributed by atoms with E-state index in [1.807, 2.05) is 66.7 Å². The van der Waals surface area contributed by atoms with Gasteiger partial charge in [0, 0.05) is 36.2 Å². The lowest BCUT2D eigenvalue weighted by Crippen LogP contribution is -1.95. The summed E-state index contributed by atoms with van der Waals surface area (Å²) in [7, 11) is 0. The van der Waals surface area contributed by atoms with Crippen LogP contribution in [0.15, 0.2) is 185 Å². The number of imidazole rings is 2. The van der Waals surface area contributed by atoms with Gasteiger partial charge in [0.15, 0.2) is 0 Å². The fraction of sp³-hybridized carbons (Fsp3) is 0. The highest BCUT2D eigenvalue weighted by Crippen LogP contribution is 2.43. The van der Waals surface area contributed by atoms with E-state index in [1.165, 1.54) is 26.9 Å². The number of pyridine rings is 1. The second-order valence-electron chi connectivity index (χ2n) is 16.0. The molecule has 1 N–H and O–H groups in total. The third-order valence-electron chi connectivity index (χ3n) is 12.3. The number of aromatic amines is 1. The molecule has 0 spiro atoms. The first-order chi connectivity index (χ1) is 33.4. The Morgan fingerprint density at radius 2 is 1.01 bits per heavy atom. The van der Waals surface area contributed by atoms with Gasteiger partial charge in [0.1, 0.15) is 23.6 Å². The second-order valence-corrected chi connectivity index (χ2v) is 17.7. The Labute approximate surface area is 405 Å². The third-order valence-corrected chi connectivity index (χ3v) is 14.1. The van der Waals surface area contributed by atoms with Gasteiger partial charge in [-0.25, -0.2) is 14.8 Å². The first kappa shape index (κ1) is 41.8. The van der Waals surface area contributed by atoms with Crippen LogP contribution in [-0.2, 0) is 0 Å². The number of nitrogens with one attached hydrogen (secondary N) is 1. The van der Waals surface area contributed by atoms with Crippen molar-refractivity contribution in [1.82, 2.24) is 19.4 Å². The first-order valence-electron chi connectivity index (χ1n) is 21.4. The Morgan fingerprint density at radius 3 is 1.65 bits per heavy atom. The van der Waals surface area contributed by atoms with Gasteiger partial charge in [0.2, 0.25) is 5.69 Å². The molecule has 3 aromatic heterocycles. The van der Waals surface area contributed by atoms with Crippen molar-refractivity contribution in [3.8, 4) is 29.6 Å². The number of fused-ring (bicyclic) bond motifs is 17. The van der Waals surface area contributed by atoms with Crippen LogP contribution >= 0.6 is 31.9 Å². The number of nitriles is 3. The Bertz CT molecular complexity index is 4350. The standard InChI is InChI=1S/C29H14N4.C21H14N2.C8H2Br2N2/c1-31-24-15-26-22(14-17(24)16-30)27-20-10-4-2-8-18(20)19-9-3-5-11-21(19)28(27)29-32-23-12-6-7-13-25(23)33(26)29;1-2-8-15-14(7-1)13-18(17-10-4-3-9-16(15)17)21-22-19-11-5-6-12-20(19)23-21;9-7-1-5(3-11)6(4-12)2-8(7)10/h2-15H;1-13H,(H,22,23);1-2H. The molecular formula is C58H30Br2N8. The fourth-order valence-corrected chi connectivity index (χ4v) is 9.98. The van der Waals surface area contributed by atoms with Crippen molar-refractivity contribution in [1.29, 1.82) is 15.8 Å². The van der Waals surface area contributed by atoms with Gasteiger partial charge in [0.05, 0.1) is 51.4 Å². The summed E-state index contributed by atoms with van der Waals surface area (Å²) in [4.78, 5) is 17.0. The Morgan fingerprint density at radius 1 is 0.485 bits per heavy atom. The van der Waals surface area contributed by atoms with Gasteiger partial charge in [-0.2, -0.15) is 15.8 Å². The number of hydrogen-bond donors (Lipinski definition) is 1. The van der Waals surface area contributed by atoms with Gasteiger partial charge in [-0.1, -0.05) is 121 Å². The van der Waals surface area contributed by atoms with Crippen LogP contribution in [-0.4, -0.2) is 19.4 Å². The highest BCUT2D eigenvalue weighted by molar-refractivity contribution is 9.13. The van der Waals surface area contributed by atoms with Crippen LogP contribution in [0.2, 0.25) is 0 Å². The zero-order chi connectivity index (χ0) is 46.5. The molecule has 3 heterocycles. The minimum absolute atomic E-state index is 0.355. The van der Waals surface area contributed by atoms with Crippen molar-refractivity contribution in [2.24, 2.45) is 0 Å². The van der Waals surface area contributed by atoms with Gasteiger partial charge in [-0.3, -0.25) is 4.40 Å². The monoisotopic (exact) mass is 996 g/mol. The van der Waals surface area contributed by atoms with Gasteiger partial charge < -0.3 is 4.98 Å². The molecule has 68 heavy (non-hydrogen) atoms. The van der Waals surface area contributed by atoms with Crippen LogP contribution in [0, 0.1) is 40.6 Å². The summed E-state index contributed by atoms with van der Waals surface area (Å²) in [5.74, 6) is 0.924. The molecule has 0 bridgehead atoms. The predicted molar refractivity (Wildman–Crippen MR) is 282 cm³/mol. The van der Waals surface area contributed by atoms with E-state index in [4.69, 9.17) is 27.1 Å². The lowest BCUT2D eigenvalue weighted by molar-refractivity contribution is 1.32. The minimum atomic E-state index is 0.355. The molecule has 0 saturated heterocycles. The summed E-state index contributed by atoms with van der Waals surface area (Å²) in [5, 5.41) is 39.7. The van der Waals surface area contributed by atoms with Crippen molar-refractivity contribution in [3.63, 3.8) is 0 Å². The van der Waals surface area contributed by atoms with Crippen LogP contribution in [0.4, 0.5) is 5.69 Å². The largest absolute Gasteiger partial charge is 0.338 e. The molecule has 0 aliphatic carbocycles. The summed E-state index contributed by atoms with van der Waals surface area (Å²) < 4.78 is 3.69. The van der Waals surface area contributed by atoms with E-state index < -0.39 is 0 Å². The van der Waals surface area contributed by atoms with E-state index in [-0.39, 0.29) is 0 Å². The SMILES string of the molecule is N#Cc1cc(Br)c(Br)cc1C#N.[C-]#[N+]c1cc2c(cc1C#N)c1c3ccccc3c3ccccc3c1c1nc3ccccc3n21.c1ccc2c(c1)cc(-c1nc3ccccc3[nH]1)c1ccccc12. The maximum atomic E-state index is 9.80. The molecule has 0 unspecified atom stereocenters. The summed E-state index contributed by atoms with van der Waals surface area (Å²) in [6.07, 6.45) is 0. The lowest BCUT2D eigenvalue weighted by atomic mass is 9.92. The quantitative estimate of drug-likeness (QED) is 0.130. The number of halogens is 2. The predicted octanol–water partition coefficient (Wildman–Crippen LogP) is 16.0. The van der Waals surface area contributed by atoms with Crippen LogP contribution in [0.1, 0.15) is 16.7 Å². The number of nitrogens with zero attached hydrogens (tertiary/aromatic N) is 7. The maximum Gasteiger partial charge on any atom is 0.206 e. The number of H-pyrrole nitrogens is 1. The Kier molecular flexibility index (Phi) is 10.5. The molecule has 13 aromatic rings. The van der Waals surface area contributed by atoms with E-state index in [0.717, 1.165) is 85.9 Å². The number of benzene rings is 10. The van der Waals surface area contributed by atoms with Crippen molar-refractivity contribution < 1.29 is 0 Å². The van der Waals surface area contributed by atoms with Crippen molar-refractivity contribution in [3.05, 3.63) is 213 Å². The Balaban J connectivity index is 0.000000125. The summed E-state index contributed by atoms with van der Waals surface area (Å²) in [6.45, 7) is 7.65. The summed E-state index contributed by atoms with van der Waals surface area (Å²) in [6, 6.07) is 65.4. The summed E-state index contributed by atoms with van der Waals surface area (Å²) >= 11 is 6.49. The zero-order valence-electron chi connectivity index (χ0n) is 35.6. The maximum absolute atomic E-state index is 9.80.